The summed E-state index contributed by atoms with van der Waals surface area (Å²) in [6, 6.07) is 2.20. The number of hydrogen-bond acceptors (Lipinski definition) is 4. The van der Waals surface area contributed by atoms with Gasteiger partial charge in [-0.15, -0.1) is 0 Å². The molecular formula is C18H27N5O. The summed E-state index contributed by atoms with van der Waals surface area (Å²) in [7, 11) is 6.01. The molecular weight excluding hydrogens is 302 g/mol. The van der Waals surface area contributed by atoms with Gasteiger partial charge in [-0.3, -0.25) is 9.48 Å². The number of rotatable bonds is 3. The van der Waals surface area contributed by atoms with Crippen LogP contribution in [-0.2, 0) is 7.05 Å². The predicted molar refractivity (Wildman–Crippen MR) is 95.2 cm³/mol. The minimum atomic E-state index is 0.119. The summed E-state index contributed by atoms with van der Waals surface area (Å²) in [5.41, 5.74) is 3.25. The first-order valence-corrected chi connectivity index (χ1v) is 8.65. The van der Waals surface area contributed by atoms with E-state index in [-0.39, 0.29) is 11.9 Å². The first-order valence-electron chi connectivity index (χ1n) is 8.65. The number of amides is 1. The molecule has 0 aromatic carbocycles. The maximum Gasteiger partial charge on any atom is 0.255 e. The van der Waals surface area contributed by atoms with Gasteiger partial charge in [0.1, 0.15) is 0 Å². The quantitative estimate of drug-likeness (QED) is 0.866. The third-order valence-corrected chi connectivity index (χ3v) is 4.79. The van der Waals surface area contributed by atoms with E-state index in [1.165, 1.54) is 6.42 Å². The monoisotopic (exact) mass is 329 g/mol. The molecule has 3 heterocycles. The van der Waals surface area contributed by atoms with Crippen LogP contribution in [0.5, 0.6) is 0 Å². The van der Waals surface area contributed by atoms with Gasteiger partial charge < -0.3 is 9.80 Å². The Labute approximate surface area is 143 Å². The van der Waals surface area contributed by atoms with Gasteiger partial charge in [0.2, 0.25) is 0 Å². The van der Waals surface area contributed by atoms with E-state index in [0.29, 0.717) is 0 Å². The molecule has 1 fully saturated rings. The Balaban J connectivity index is 2.04. The molecule has 24 heavy (non-hydrogen) atoms. The molecule has 0 spiro atoms. The highest BCUT2D eigenvalue weighted by Crippen LogP contribution is 2.26. The van der Waals surface area contributed by atoms with Crippen molar-refractivity contribution in [2.45, 2.75) is 39.2 Å². The molecule has 2 aromatic rings. The Bertz CT molecular complexity index is 764. The maximum absolute atomic E-state index is 13.4. The molecule has 1 saturated heterocycles. The molecule has 0 N–H and O–H groups in total. The van der Waals surface area contributed by atoms with Crippen LogP contribution >= 0.6 is 0 Å². The van der Waals surface area contributed by atoms with Gasteiger partial charge in [-0.2, -0.15) is 5.10 Å². The highest BCUT2D eigenvalue weighted by atomic mass is 16.2. The number of pyridine rings is 1. The van der Waals surface area contributed by atoms with Gasteiger partial charge in [-0.05, 0) is 53.3 Å². The molecule has 1 aliphatic heterocycles. The molecule has 0 saturated carbocycles. The summed E-state index contributed by atoms with van der Waals surface area (Å²) in [6.45, 7) is 5.63. The van der Waals surface area contributed by atoms with Gasteiger partial charge in [0.25, 0.3) is 5.91 Å². The lowest BCUT2D eigenvalue weighted by Crippen LogP contribution is -2.48. The van der Waals surface area contributed by atoms with Crippen molar-refractivity contribution in [3.63, 3.8) is 0 Å². The van der Waals surface area contributed by atoms with Crippen LogP contribution in [0, 0.1) is 13.8 Å². The Morgan fingerprint density at radius 1 is 1.33 bits per heavy atom. The van der Waals surface area contributed by atoms with Gasteiger partial charge >= 0.3 is 0 Å². The lowest BCUT2D eigenvalue weighted by atomic mass is 9.99. The minimum absolute atomic E-state index is 0.119. The highest BCUT2D eigenvalue weighted by molar-refractivity contribution is 6.06. The lowest BCUT2D eigenvalue weighted by Gasteiger charge is -2.37. The van der Waals surface area contributed by atoms with E-state index in [1.54, 1.807) is 4.68 Å². The van der Waals surface area contributed by atoms with Gasteiger partial charge in [0.05, 0.1) is 16.6 Å². The normalized spacial score (nSPS) is 18.6. The summed E-state index contributed by atoms with van der Waals surface area (Å²) >= 11 is 0. The van der Waals surface area contributed by atoms with Crippen molar-refractivity contribution in [2.24, 2.45) is 7.05 Å². The zero-order valence-electron chi connectivity index (χ0n) is 15.3. The summed E-state index contributed by atoms with van der Waals surface area (Å²) in [6.07, 6.45) is 3.34. The zero-order valence-corrected chi connectivity index (χ0v) is 15.3. The lowest BCUT2D eigenvalue weighted by molar-refractivity contribution is 0.0576. The number of likely N-dealkylation sites (N-methyl/N-ethyl adjacent to an activating group) is 1. The van der Waals surface area contributed by atoms with E-state index < -0.39 is 0 Å². The first-order chi connectivity index (χ1) is 11.4. The van der Waals surface area contributed by atoms with Gasteiger partial charge in [-0.25, -0.2) is 4.98 Å². The summed E-state index contributed by atoms with van der Waals surface area (Å²) in [4.78, 5) is 22.2. The van der Waals surface area contributed by atoms with E-state index in [4.69, 9.17) is 0 Å². The van der Waals surface area contributed by atoms with E-state index in [2.05, 4.69) is 34.0 Å². The van der Waals surface area contributed by atoms with Crippen molar-refractivity contribution in [2.75, 3.05) is 27.2 Å². The summed E-state index contributed by atoms with van der Waals surface area (Å²) in [5.74, 6) is 0.119. The SMILES string of the molecule is Cc1cc(C(=O)N2CCCC[C@H]2CN(C)C)c2c(C)nn(C)c2n1. The van der Waals surface area contributed by atoms with Gasteiger partial charge in [0, 0.05) is 31.9 Å². The van der Waals surface area contributed by atoms with Crippen molar-refractivity contribution in [3.05, 3.63) is 23.0 Å². The van der Waals surface area contributed by atoms with Crippen LogP contribution in [0.15, 0.2) is 6.07 Å². The third kappa shape index (κ3) is 3.02. The van der Waals surface area contributed by atoms with Crippen LogP contribution in [0.1, 0.15) is 41.0 Å². The average molecular weight is 329 g/mol. The van der Waals surface area contributed by atoms with Crippen LogP contribution < -0.4 is 0 Å². The summed E-state index contributed by atoms with van der Waals surface area (Å²) in [5, 5.41) is 5.35. The van der Waals surface area contributed by atoms with Crippen LogP contribution in [0.2, 0.25) is 0 Å². The molecule has 3 rings (SSSR count). The van der Waals surface area contributed by atoms with Gasteiger partial charge in [-0.1, -0.05) is 0 Å². The summed E-state index contributed by atoms with van der Waals surface area (Å²) < 4.78 is 1.77. The number of fused-ring (bicyclic) bond motifs is 1. The number of likely N-dealkylation sites (tertiary alicyclic amines) is 1. The molecule has 130 valence electrons. The largest absolute Gasteiger partial charge is 0.334 e. The van der Waals surface area contributed by atoms with Crippen molar-refractivity contribution in [3.8, 4) is 0 Å². The maximum atomic E-state index is 13.4. The predicted octanol–water partition coefficient (Wildman–Crippen LogP) is 2.14. The Hall–Kier alpha value is -1.95. The van der Waals surface area contributed by atoms with Crippen molar-refractivity contribution in [1.82, 2.24) is 24.6 Å². The van der Waals surface area contributed by atoms with Crippen molar-refractivity contribution in [1.29, 1.82) is 0 Å². The molecule has 6 heteroatoms. The van der Waals surface area contributed by atoms with Gasteiger partial charge in [0.15, 0.2) is 5.65 Å². The number of hydrogen-bond donors (Lipinski definition) is 0. The molecule has 1 atom stereocenters. The molecule has 1 aliphatic rings. The zero-order chi connectivity index (χ0) is 17.4. The van der Waals surface area contributed by atoms with Crippen LogP contribution in [0.25, 0.3) is 11.0 Å². The molecule has 1 amide bonds. The van der Waals surface area contributed by atoms with Crippen molar-refractivity contribution < 1.29 is 4.79 Å². The Morgan fingerprint density at radius 2 is 2.08 bits per heavy atom. The smallest absolute Gasteiger partial charge is 0.255 e. The minimum Gasteiger partial charge on any atom is -0.334 e. The highest BCUT2D eigenvalue weighted by Gasteiger charge is 2.30. The molecule has 6 nitrogen and oxygen atoms in total. The van der Waals surface area contributed by atoms with E-state index in [9.17, 15) is 4.79 Å². The number of aromatic nitrogens is 3. The second-order valence-corrected chi connectivity index (χ2v) is 7.13. The van der Waals surface area contributed by atoms with E-state index in [1.807, 2.05) is 27.0 Å². The standard InChI is InChI=1S/C18H27N5O/c1-12-10-15(16-13(2)20-22(5)17(16)19-12)18(24)23-9-7-6-8-14(23)11-21(3)4/h10,14H,6-9,11H2,1-5H3/t14-/m0/s1. The molecule has 0 aliphatic carbocycles. The molecule has 0 bridgehead atoms. The first kappa shape index (κ1) is 16.9. The fraction of sp³-hybridized carbons (Fsp3) is 0.611. The van der Waals surface area contributed by atoms with Crippen LogP contribution in [-0.4, -0.2) is 63.7 Å². The molecule has 0 unspecified atom stereocenters. The third-order valence-electron chi connectivity index (χ3n) is 4.79. The molecule has 0 radical (unpaired) electrons. The number of carbonyl (C=O) groups is 1. The van der Waals surface area contributed by atoms with Crippen LogP contribution in [0.3, 0.4) is 0 Å². The van der Waals surface area contributed by atoms with E-state index in [0.717, 1.165) is 53.9 Å². The second-order valence-electron chi connectivity index (χ2n) is 7.13. The second kappa shape index (κ2) is 6.51. The molecule has 2 aromatic heterocycles. The van der Waals surface area contributed by atoms with Crippen LogP contribution in [0.4, 0.5) is 0 Å². The number of carbonyl (C=O) groups excluding carboxylic acids is 1. The Morgan fingerprint density at radius 3 is 2.79 bits per heavy atom. The Kier molecular flexibility index (Phi) is 4.58. The van der Waals surface area contributed by atoms with E-state index >= 15 is 0 Å². The fourth-order valence-electron chi connectivity index (χ4n) is 3.77. The topological polar surface area (TPSA) is 54.3 Å². The van der Waals surface area contributed by atoms with Crippen molar-refractivity contribution >= 4 is 16.9 Å². The number of piperidine rings is 1. The average Bonchev–Trinajstić information content (AvgIpc) is 2.80. The fourth-order valence-corrected chi connectivity index (χ4v) is 3.77. The number of nitrogens with zero attached hydrogens (tertiary/aromatic N) is 5. The number of aryl methyl sites for hydroxylation is 3.